The van der Waals surface area contributed by atoms with Crippen LogP contribution in [0.2, 0.25) is 0 Å². The number of benzene rings is 4. The first-order valence-corrected chi connectivity index (χ1v) is 12.3. The maximum absolute atomic E-state index is 12.0. The second kappa shape index (κ2) is 10.0. The van der Waals surface area contributed by atoms with Crippen LogP contribution in [0.15, 0.2) is 78.9 Å². The average molecular weight is 482 g/mol. The maximum atomic E-state index is 12.0. The Morgan fingerprint density at radius 3 is 2.64 bits per heavy atom. The molecule has 0 fully saturated rings. The molecule has 1 aliphatic rings. The summed E-state index contributed by atoms with van der Waals surface area (Å²) >= 11 is 0. The molecule has 5 heteroatoms. The van der Waals surface area contributed by atoms with E-state index in [1.54, 1.807) is 6.07 Å². The maximum Gasteiger partial charge on any atom is 0.339 e. The molecule has 184 valence electrons. The van der Waals surface area contributed by atoms with Crippen LogP contribution in [0.1, 0.15) is 57.9 Å². The minimum absolute atomic E-state index is 0.0253. The fourth-order valence-electron chi connectivity index (χ4n) is 5.41. The van der Waals surface area contributed by atoms with Crippen LogP contribution in [0, 0.1) is 6.92 Å². The summed E-state index contributed by atoms with van der Waals surface area (Å²) < 4.78 is 11.8. The van der Waals surface area contributed by atoms with Gasteiger partial charge in [-0.1, -0.05) is 66.7 Å². The van der Waals surface area contributed by atoms with Crippen molar-refractivity contribution in [1.82, 2.24) is 5.32 Å². The van der Waals surface area contributed by atoms with Crippen molar-refractivity contribution >= 4 is 16.7 Å². The number of carboxylic acid groups (broad SMARTS) is 1. The molecule has 0 aromatic heterocycles. The van der Waals surface area contributed by atoms with Gasteiger partial charge in [0.25, 0.3) is 0 Å². The van der Waals surface area contributed by atoms with E-state index in [1.165, 1.54) is 23.4 Å². The first-order chi connectivity index (χ1) is 17.5. The highest BCUT2D eigenvalue weighted by molar-refractivity contribution is 5.92. The third-order valence-electron chi connectivity index (χ3n) is 7.16. The zero-order valence-corrected chi connectivity index (χ0v) is 20.8. The van der Waals surface area contributed by atoms with Crippen molar-refractivity contribution in [3.05, 3.63) is 107 Å². The third kappa shape index (κ3) is 4.54. The molecule has 4 aromatic carbocycles. The van der Waals surface area contributed by atoms with Gasteiger partial charge in [0.1, 0.15) is 23.2 Å². The van der Waals surface area contributed by atoms with Crippen LogP contribution >= 0.6 is 0 Å². The molecular formula is C31H31NO4. The molecule has 2 N–H and O–H groups in total. The van der Waals surface area contributed by atoms with Gasteiger partial charge in [-0.25, -0.2) is 4.79 Å². The molecular weight excluding hydrogens is 450 g/mol. The van der Waals surface area contributed by atoms with E-state index in [2.05, 4.69) is 60.8 Å². The van der Waals surface area contributed by atoms with Crippen molar-refractivity contribution in [3.63, 3.8) is 0 Å². The van der Waals surface area contributed by atoms with Gasteiger partial charge in [0.15, 0.2) is 0 Å². The molecule has 0 unspecified atom stereocenters. The molecule has 1 heterocycles. The Bertz CT molecular complexity index is 1410. The number of methoxy groups -OCH3 is 1. The molecule has 0 radical (unpaired) electrons. The van der Waals surface area contributed by atoms with Gasteiger partial charge in [-0.3, -0.25) is 0 Å². The Labute approximate surface area is 211 Å². The SMILES string of the molecule is COc1c(C)cc([C@@H]2C[C@H](CN[C@H](C)c3cccc4ccccc34)Oc3ccccc32)cc1C(=O)O. The highest BCUT2D eigenvalue weighted by Gasteiger charge is 2.31. The van der Waals surface area contributed by atoms with Crippen LogP contribution in [0.25, 0.3) is 10.8 Å². The Hall–Kier alpha value is -3.83. The van der Waals surface area contributed by atoms with Gasteiger partial charge >= 0.3 is 5.97 Å². The zero-order chi connectivity index (χ0) is 25.2. The Balaban J connectivity index is 1.42. The number of carbonyl (C=O) groups is 1. The number of fused-ring (bicyclic) bond motifs is 2. The second-order valence-electron chi connectivity index (χ2n) is 9.49. The highest BCUT2D eigenvalue weighted by Crippen LogP contribution is 2.42. The van der Waals surface area contributed by atoms with E-state index < -0.39 is 5.97 Å². The van der Waals surface area contributed by atoms with E-state index in [-0.39, 0.29) is 23.6 Å². The summed E-state index contributed by atoms with van der Waals surface area (Å²) in [5.41, 5.74) is 4.31. The molecule has 0 spiro atoms. The lowest BCUT2D eigenvalue weighted by molar-refractivity contribution is 0.0693. The van der Waals surface area contributed by atoms with Gasteiger partial charge in [0, 0.05) is 24.1 Å². The first-order valence-electron chi connectivity index (χ1n) is 12.3. The van der Waals surface area contributed by atoms with E-state index in [1.807, 2.05) is 31.2 Å². The summed E-state index contributed by atoms with van der Waals surface area (Å²) in [5, 5.41) is 16.0. The lowest BCUT2D eigenvalue weighted by Gasteiger charge is -2.34. The van der Waals surface area contributed by atoms with E-state index >= 15 is 0 Å². The van der Waals surface area contributed by atoms with Gasteiger partial charge in [-0.15, -0.1) is 0 Å². The second-order valence-corrected chi connectivity index (χ2v) is 9.49. The van der Waals surface area contributed by atoms with Crippen LogP contribution in [0.3, 0.4) is 0 Å². The minimum atomic E-state index is -0.987. The Morgan fingerprint density at radius 1 is 1.08 bits per heavy atom. The largest absolute Gasteiger partial charge is 0.496 e. The van der Waals surface area contributed by atoms with Crippen LogP contribution in [-0.2, 0) is 0 Å². The highest BCUT2D eigenvalue weighted by atomic mass is 16.5. The smallest absolute Gasteiger partial charge is 0.339 e. The van der Waals surface area contributed by atoms with Crippen molar-refractivity contribution in [3.8, 4) is 11.5 Å². The van der Waals surface area contributed by atoms with Crippen molar-refractivity contribution in [2.24, 2.45) is 0 Å². The summed E-state index contributed by atoms with van der Waals surface area (Å²) in [6.07, 6.45) is 0.690. The van der Waals surface area contributed by atoms with Gasteiger partial charge in [0.05, 0.1) is 7.11 Å². The molecule has 5 rings (SSSR count). The molecule has 0 saturated heterocycles. The zero-order valence-electron chi connectivity index (χ0n) is 20.8. The molecule has 0 bridgehead atoms. The summed E-state index contributed by atoms with van der Waals surface area (Å²) in [4.78, 5) is 12.0. The number of aryl methyl sites for hydroxylation is 1. The molecule has 0 aliphatic carbocycles. The minimum Gasteiger partial charge on any atom is -0.496 e. The Morgan fingerprint density at radius 2 is 1.83 bits per heavy atom. The van der Waals surface area contributed by atoms with E-state index in [0.717, 1.165) is 28.9 Å². The van der Waals surface area contributed by atoms with Crippen molar-refractivity contribution in [2.45, 2.75) is 38.3 Å². The monoisotopic (exact) mass is 481 g/mol. The van der Waals surface area contributed by atoms with E-state index in [9.17, 15) is 9.90 Å². The van der Waals surface area contributed by atoms with Gasteiger partial charge in [-0.05, 0) is 59.9 Å². The van der Waals surface area contributed by atoms with Crippen LogP contribution < -0.4 is 14.8 Å². The van der Waals surface area contributed by atoms with Gasteiger partial charge in [0.2, 0.25) is 0 Å². The fraction of sp³-hybridized carbons (Fsp3) is 0.258. The van der Waals surface area contributed by atoms with E-state index in [0.29, 0.717) is 12.3 Å². The third-order valence-corrected chi connectivity index (χ3v) is 7.16. The number of hydrogen-bond donors (Lipinski definition) is 2. The van der Waals surface area contributed by atoms with Crippen LogP contribution in [0.5, 0.6) is 11.5 Å². The topological polar surface area (TPSA) is 67.8 Å². The van der Waals surface area contributed by atoms with Crippen LogP contribution in [-0.4, -0.2) is 30.8 Å². The number of carboxylic acids is 1. The summed E-state index contributed by atoms with van der Waals surface area (Å²) in [7, 11) is 1.51. The lowest BCUT2D eigenvalue weighted by atomic mass is 9.82. The fourth-order valence-corrected chi connectivity index (χ4v) is 5.41. The van der Waals surface area contributed by atoms with Crippen molar-refractivity contribution in [2.75, 3.05) is 13.7 Å². The standard InChI is InChI=1S/C31H31NO4/c1-19-15-22(16-28(31(33)34)30(19)35-3)27-17-23(36-29-14-7-6-12-26(27)29)18-32-20(2)24-13-8-10-21-9-4-5-11-25(21)24/h4-16,20,23,27,32H,17-18H2,1-3H3,(H,33,34)/t20-,23-,27+/m1/s1. The van der Waals surface area contributed by atoms with Gasteiger partial charge in [-0.2, -0.15) is 0 Å². The van der Waals surface area contributed by atoms with Crippen LogP contribution in [0.4, 0.5) is 0 Å². The number of rotatable bonds is 7. The normalized spacial score (nSPS) is 17.8. The summed E-state index contributed by atoms with van der Waals surface area (Å²) in [6, 6.07) is 26.9. The van der Waals surface area contributed by atoms with Gasteiger partial charge < -0.3 is 19.9 Å². The summed E-state index contributed by atoms with van der Waals surface area (Å²) in [5.74, 6) is 0.300. The number of ether oxygens (including phenoxy) is 2. The first kappa shape index (κ1) is 23.9. The summed E-state index contributed by atoms with van der Waals surface area (Å²) in [6.45, 7) is 4.75. The average Bonchev–Trinajstić information content (AvgIpc) is 2.90. The van der Waals surface area contributed by atoms with Crippen molar-refractivity contribution < 1.29 is 19.4 Å². The predicted octanol–water partition coefficient (Wildman–Crippen LogP) is 6.49. The quantitative estimate of drug-likeness (QED) is 0.316. The molecule has 1 aliphatic heterocycles. The molecule has 4 aromatic rings. The Kier molecular flexibility index (Phi) is 6.66. The molecule has 0 saturated carbocycles. The predicted molar refractivity (Wildman–Crippen MR) is 142 cm³/mol. The lowest BCUT2D eigenvalue weighted by Crippen LogP contribution is -2.37. The number of aromatic carboxylic acids is 1. The van der Waals surface area contributed by atoms with E-state index in [4.69, 9.17) is 9.47 Å². The number of nitrogens with one attached hydrogen (secondary N) is 1. The molecule has 5 nitrogen and oxygen atoms in total. The molecule has 3 atom stereocenters. The molecule has 36 heavy (non-hydrogen) atoms. The van der Waals surface area contributed by atoms with Crippen molar-refractivity contribution in [1.29, 1.82) is 0 Å². The number of hydrogen-bond acceptors (Lipinski definition) is 4. The molecule has 0 amide bonds. The number of para-hydroxylation sites is 1.